The van der Waals surface area contributed by atoms with E-state index >= 15 is 0 Å². The Morgan fingerprint density at radius 2 is 2.00 bits per heavy atom. The van der Waals surface area contributed by atoms with Gasteiger partial charge in [0.2, 0.25) is 0 Å². The van der Waals surface area contributed by atoms with Gasteiger partial charge in [0.25, 0.3) is 11.6 Å². The minimum Gasteiger partial charge on any atom is -0.393 e. The molecule has 0 saturated heterocycles. The largest absolute Gasteiger partial charge is 0.393 e. The lowest BCUT2D eigenvalue weighted by molar-refractivity contribution is -0.383. The third-order valence-electron chi connectivity index (χ3n) is 3.19. The van der Waals surface area contributed by atoms with Crippen LogP contribution in [0.15, 0.2) is 42.5 Å². The molecule has 0 aliphatic carbocycles. The van der Waals surface area contributed by atoms with Gasteiger partial charge in [0.15, 0.2) is 0 Å². The van der Waals surface area contributed by atoms with Gasteiger partial charge in [0.05, 0.1) is 4.92 Å². The van der Waals surface area contributed by atoms with Crippen molar-refractivity contribution in [2.24, 2.45) is 0 Å². The van der Waals surface area contributed by atoms with Crippen LogP contribution in [0, 0.1) is 17.0 Å². The summed E-state index contributed by atoms with van der Waals surface area (Å²) in [5.74, 6) is -0.320. The van der Waals surface area contributed by atoms with Crippen molar-refractivity contribution in [3.05, 3.63) is 69.3 Å². The highest BCUT2D eigenvalue weighted by Crippen LogP contribution is 2.22. The Kier molecular flexibility index (Phi) is 4.18. The fourth-order valence-electron chi connectivity index (χ4n) is 1.95. The van der Waals surface area contributed by atoms with Crippen LogP contribution in [-0.2, 0) is 6.54 Å². The van der Waals surface area contributed by atoms with E-state index < -0.39 is 4.92 Å². The molecule has 108 valence electrons. The lowest BCUT2D eigenvalue weighted by atomic mass is 10.1. The number of nitrogen functional groups attached to an aromatic ring is 1. The third-order valence-corrected chi connectivity index (χ3v) is 3.19. The maximum atomic E-state index is 12.0. The van der Waals surface area contributed by atoms with E-state index in [0.29, 0.717) is 12.1 Å². The first-order valence-corrected chi connectivity index (χ1v) is 6.35. The van der Waals surface area contributed by atoms with Crippen molar-refractivity contribution in [3.63, 3.8) is 0 Å². The number of anilines is 1. The molecule has 1 amide bonds. The van der Waals surface area contributed by atoms with Gasteiger partial charge in [-0.3, -0.25) is 14.9 Å². The standard InChI is InChI=1S/C15H15N3O3/c1-10-4-2-3-5-12(10)9-17-15(19)11-6-7-14(18(20)21)13(16)8-11/h2-8H,9,16H2,1H3,(H,17,19). The Bertz CT molecular complexity index is 698. The maximum absolute atomic E-state index is 12.0. The zero-order valence-corrected chi connectivity index (χ0v) is 11.5. The van der Waals surface area contributed by atoms with Crippen LogP contribution in [0.2, 0.25) is 0 Å². The van der Waals surface area contributed by atoms with E-state index in [-0.39, 0.29) is 17.3 Å². The quantitative estimate of drug-likeness (QED) is 0.512. The van der Waals surface area contributed by atoms with E-state index in [1.54, 1.807) is 0 Å². The number of nitro benzene ring substituents is 1. The number of carbonyl (C=O) groups excluding carboxylic acids is 1. The second kappa shape index (κ2) is 6.04. The van der Waals surface area contributed by atoms with Gasteiger partial charge in [-0.15, -0.1) is 0 Å². The molecule has 0 fully saturated rings. The Hall–Kier alpha value is -2.89. The number of rotatable bonds is 4. The summed E-state index contributed by atoms with van der Waals surface area (Å²) in [6, 6.07) is 11.7. The molecule has 2 rings (SSSR count). The highest BCUT2D eigenvalue weighted by atomic mass is 16.6. The molecule has 0 heterocycles. The predicted molar refractivity (Wildman–Crippen MR) is 79.9 cm³/mol. The summed E-state index contributed by atoms with van der Waals surface area (Å²) >= 11 is 0. The Morgan fingerprint density at radius 3 is 2.62 bits per heavy atom. The minimum absolute atomic E-state index is 0.0245. The van der Waals surface area contributed by atoms with Crippen molar-refractivity contribution in [2.45, 2.75) is 13.5 Å². The molecule has 0 unspecified atom stereocenters. The summed E-state index contributed by atoms with van der Waals surface area (Å²) in [4.78, 5) is 22.1. The Labute approximate surface area is 121 Å². The molecule has 2 aromatic rings. The molecule has 0 saturated carbocycles. The zero-order chi connectivity index (χ0) is 15.4. The highest BCUT2D eigenvalue weighted by molar-refractivity contribution is 5.95. The molecule has 0 aliphatic heterocycles. The number of nitro groups is 1. The van der Waals surface area contributed by atoms with E-state index in [9.17, 15) is 14.9 Å². The summed E-state index contributed by atoms with van der Waals surface area (Å²) in [7, 11) is 0. The lowest BCUT2D eigenvalue weighted by Gasteiger charge is -2.08. The number of nitrogens with two attached hydrogens (primary N) is 1. The second-order valence-corrected chi connectivity index (χ2v) is 4.64. The van der Waals surface area contributed by atoms with E-state index in [0.717, 1.165) is 11.1 Å². The third kappa shape index (κ3) is 3.36. The highest BCUT2D eigenvalue weighted by Gasteiger charge is 2.14. The van der Waals surface area contributed by atoms with Gasteiger partial charge in [0.1, 0.15) is 5.69 Å². The summed E-state index contributed by atoms with van der Waals surface area (Å²) in [5, 5.41) is 13.4. The van der Waals surface area contributed by atoms with Crippen molar-refractivity contribution in [1.29, 1.82) is 0 Å². The molecule has 0 aliphatic rings. The molecule has 2 aromatic carbocycles. The summed E-state index contributed by atoms with van der Waals surface area (Å²) in [6.07, 6.45) is 0. The molecule has 6 heteroatoms. The molecule has 6 nitrogen and oxygen atoms in total. The average molecular weight is 285 g/mol. The van der Waals surface area contributed by atoms with Crippen LogP contribution in [0.3, 0.4) is 0 Å². The van der Waals surface area contributed by atoms with Crippen LogP contribution in [0.25, 0.3) is 0 Å². The van der Waals surface area contributed by atoms with E-state index in [1.165, 1.54) is 18.2 Å². The van der Waals surface area contributed by atoms with Gasteiger partial charge < -0.3 is 11.1 Å². The van der Waals surface area contributed by atoms with E-state index in [1.807, 2.05) is 31.2 Å². The average Bonchev–Trinajstić information content (AvgIpc) is 2.45. The monoisotopic (exact) mass is 285 g/mol. The number of hydrogen-bond acceptors (Lipinski definition) is 4. The normalized spacial score (nSPS) is 10.1. The number of aryl methyl sites for hydroxylation is 1. The maximum Gasteiger partial charge on any atom is 0.292 e. The van der Waals surface area contributed by atoms with Crippen LogP contribution in [0.5, 0.6) is 0 Å². The van der Waals surface area contributed by atoms with Crippen molar-refractivity contribution >= 4 is 17.3 Å². The fraction of sp³-hybridized carbons (Fsp3) is 0.133. The number of nitrogens with zero attached hydrogens (tertiary/aromatic N) is 1. The number of carbonyl (C=O) groups is 1. The molecular formula is C15H15N3O3. The van der Waals surface area contributed by atoms with Crippen LogP contribution in [-0.4, -0.2) is 10.8 Å². The molecule has 0 atom stereocenters. The second-order valence-electron chi connectivity index (χ2n) is 4.64. The number of hydrogen-bond donors (Lipinski definition) is 2. The van der Waals surface area contributed by atoms with Gasteiger partial charge in [-0.2, -0.15) is 0 Å². The Balaban J connectivity index is 2.09. The van der Waals surface area contributed by atoms with Crippen LogP contribution >= 0.6 is 0 Å². The number of amides is 1. The molecule has 3 N–H and O–H groups in total. The van der Waals surface area contributed by atoms with Crippen molar-refractivity contribution < 1.29 is 9.72 Å². The first-order valence-electron chi connectivity index (χ1n) is 6.35. The topological polar surface area (TPSA) is 98.3 Å². The zero-order valence-electron chi connectivity index (χ0n) is 11.5. The van der Waals surface area contributed by atoms with Crippen molar-refractivity contribution in [2.75, 3.05) is 5.73 Å². The smallest absolute Gasteiger partial charge is 0.292 e. The van der Waals surface area contributed by atoms with Gasteiger partial charge in [-0.25, -0.2) is 0 Å². The summed E-state index contributed by atoms with van der Waals surface area (Å²) in [6.45, 7) is 2.35. The van der Waals surface area contributed by atoms with Crippen LogP contribution in [0.4, 0.5) is 11.4 Å². The van der Waals surface area contributed by atoms with Gasteiger partial charge in [0, 0.05) is 18.2 Å². The summed E-state index contributed by atoms with van der Waals surface area (Å²) in [5.41, 5.74) is 7.74. The Morgan fingerprint density at radius 1 is 1.29 bits per heavy atom. The molecular weight excluding hydrogens is 270 g/mol. The minimum atomic E-state index is -0.579. The van der Waals surface area contributed by atoms with Crippen LogP contribution in [0.1, 0.15) is 21.5 Å². The molecule has 21 heavy (non-hydrogen) atoms. The number of nitrogens with one attached hydrogen (secondary N) is 1. The van der Waals surface area contributed by atoms with E-state index in [2.05, 4.69) is 5.32 Å². The van der Waals surface area contributed by atoms with Gasteiger partial charge >= 0.3 is 0 Å². The van der Waals surface area contributed by atoms with Gasteiger partial charge in [-0.05, 0) is 30.2 Å². The van der Waals surface area contributed by atoms with Gasteiger partial charge in [-0.1, -0.05) is 24.3 Å². The molecule has 0 aromatic heterocycles. The molecule has 0 radical (unpaired) electrons. The van der Waals surface area contributed by atoms with Crippen molar-refractivity contribution in [1.82, 2.24) is 5.32 Å². The summed E-state index contributed by atoms with van der Waals surface area (Å²) < 4.78 is 0. The first kappa shape index (κ1) is 14.5. The lowest BCUT2D eigenvalue weighted by Crippen LogP contribution is -2.23. The SMILES string of the molecule is Cc1ccccc1CNC(=O)c1ccc([N+](=O)[O-])c(N)c1. The molecule has 0 spiro atoms. The fourth-order valence-corrected chi connectivity index (χ4v) is 1.95. The predicted octanol–water partition coefficient (Wildman–Crippen LogP) is 2.42. The van der Waals surface area contributed by atoms with Crippen LogP contribution < -0.4 is 11.1 Å². The number of benzene rings is 2. The molecule has 0 bridgehead atoms. The first-order chi connectivity index (χ1) is 9.99. The van der Waals surface area contributed by atoms with E-state index in [4.69, 9.17) is 5.73 Å². The van der Waals surface area contributed by atoms with Crippen molar-refractivity contribution in [3.8, 4) is 0 Å².